The van der Waals surface area contributed by atoms with Crippen molar-refractivity contribution in [2.75, 3.05) is 5.32 Å². The van der Waals surface area contributed by atoms with Gasteiger partial charge in [-0.15, -0.1) is 0 Å². The number of rotatable bonds is 5. The third-order valence-corrected chi connectivity index (χ3v) is 4.70. The molecule has 1 aromatic carbocycles. The van der Waals surface area contributed by atoms with Crippen LogP contribution in [0.1, 0.15) is 12.7 Å². The minimum atomic E-state index is 0.559. The molecular formula is C20H18N8. The monoisotopic (exact) mass is 370 g/mol. The average Bonchev–Trinajstić information content (AvgIpc) is 3.34. The molecule has 28 heavy (non-hydrogen) atoms. The van der Waals surface area contributed by atoms with Gasteiger partial charge < -0.3 is 9.88 Å². The van der Waals surface area contributed by atoms with E-state index < -0.39 is 0 Å². The molecule has 5 aromatic rings. The number of nitrogens with zero attached hydrogens (tertiary/aromatic N) is 7. The molecule has 4 heterocycles. The fraction of sp³-hybridized carbons (Fsp3) is 0.150. The second kappa shape index (κ2) is 6.73. The summed E-state index contributed by atoms with van der Waals surface area (Å²) in [7, 11) is 0. The van der Waals surface area contributed by atoms with Crippen LogP contribution in [0.3, 0.4) is 0 Å². The summed E-state index contributed by atoms with van der Waals surface area (Å²) in [5, 5.41) is 8.68. The number of pyridine rings is 1. The molecule has 5 rings (SSSR count). The number of hydrogen-bond donors (Lipinski definition) is 1. The molecule has 0 saturated carbocycles. The van der Waals surface area contributed by atoms with Crippen molar-refractivity contribution in [1.82, 2.24) is 34.3 Å². The lowest BCUT2D eigenvalue weighted by Gasteiger charge is -2.09. The van der Waals surface area contributed by atoms with E-state index in [1.165, 1.54) is 6.33 Å². The average molecular weight is 370 g/mol. The van der Waals surface area contributed by atoms with E-state index in [0.29, 0.717) is 12.2 Å². The summed E-state index contributed by atoms with van der Waals surface area (Å²) in [5.74, 6) is 2.41. The predicted octanol–water partition coefficient (Wildman–Crippen LogP) is 3.19. The maximum absolute atomic E-state index is 4.76. The molecule has 0 unspecified atom stereocenters. The van der Waals surface area contributed by atoms with E-state index in [9.17, 15) is 0 Å². The summed E-state index contributed by atoms with van der Waals surface area (Å²) in [4.78, 5) is 17.9. The normalized spacial score (nSPS) is 11.3. The van der Waals surface area contributed by atoms with Crippen molar-refractivity contribution in [1.29, 1.82) is 0 Å². The Hall–Kier alpha value is -3.81. The third kappa shape index (κ3) is 2.66. The molecule has 4 aromatic heterocycles. The number of anilines is 1. The number of nitrogens with one attached hydrogen (secondary N) is 1. The minimum Gasteiger partial charge on any atom is -0.362 e. The fourth-order valence-electron chi connectivity index (χ4n) is 3.41. The zero-order valence-corrected chi connectivity index (χ0v) is 15.3. The van der Waals surface area contributed by atoms with Gasteiger partial charge in [-0.2, -0.15) is 9.78 Å². The second-order valence-corrected chi connectivity index (χ2v) is 6.32. The summed E-state index contributed by atoms with van der Waals surface area (Å²) in [6.07, 6.45) is 5.03. The van der Waals surface area contributed by atoms with Crippen LogP contribution >= 0.6 is 0 Å². The van der Waals surface area contributed by atoms with Crippen molar-refractivity contribution in [2.45, 2.75) is 20.0 Å². The Balaban J connectivity index is 1.49. The Morgan fingerprint density at radius 3 is 2.75 bits per heavy atom. The second-order valence-electron chi connectivity index (χ2n) is 6.32. The molecule has 138 valence electrons. The third-order valence-electron chi connectivity index (χ3n) is 4.70. The number of para-hydroxylation sites is 2. The van der Waals surface area contributed by atoms with Crippen molar-refractivity contribution in [3.05, 3.63) is 67.0 Å². The molecule has 0 aliphatic carbocycles. The molecule has 8 heteroatoms. The summed E-state index contributed by atoms with van der Waals surface area (Å²) < 4.78 is 3.92. The minimum absolute atomic E-state index is 0.559. The van der Waals surface area contributed by atoms with Crippen LogP contribution < -0.4 is 5.32 Å². The first-order chi connectivity index (χ1) is 13.8. The molecule has 0 saturated heterocycles. The smallest absolute Gasteiger partial charge is 0.170 e. The van der Waals surface area contributed by atoms with Crippen LogP contribution in [0.4, 0.5) is 5.82 Å². The Kier molecular flexibility index (Phi) is 3.93. The molecule has 0 atom stereocenters. The van der Waals surface area contributed by atoms with Crippen molar-refractivity contribution < 1.29 is 0 Å². The lowest BCUT2D eigenvalue weighted by Crippen LogP contribution is -2.09. The topological polar surface area (TPSA) is 86.3 Å². The van der Waals surface area contributed by atoms with Crippen molar-refractivity contribution in [3.63, 3.8) is 0 Å². The van der Waals surface area contributed by atoms with Crippen LogP contribution in [-0.2, 0) is 13.1 Å². The van der Waals surface area contributed by atoms with Gasteiger partial charge in [0.05, 0.1) is 29.2 Å². The van der Waals surface area contributed by atoms with Gasteiger partial charge in [-0.05, 0) is 31.2 Å². The van der Waals surface area contributed by atoms with Gasteiger partial charge >= 0.3 is 0 Å². The van der Waals surface area contributed by atoms with Crippen LogP contribution in [0.25, 0.3) is 27.9 Å². The predicted molar refractivity (Wildman–Crippen MR) is 107 cm³/mol. The van der Waals surface area contributed by atoms with Gasteiger partial charge in [-0.25, -0.2) is 19.9 Å². The highest BCUT2D eigenvalue weighted by Crippen LogP contribution is 2.22. The Morgan fingerprint density at radius 2 is 1.89 bits per heavy atom. The summed E-state index contributed by atoms with van der Waals surface area (Å²) in [6.45, 7) is 3.54. The van der Waals surface area contributed by atoms with E-state index >= 15 is 0 Å². The van der Waals surface area contributed by atoms with Crippen molar-refractivity contribution in [2.24, 2.45) is 0 Å². The lowest BCUT2D eigenvalue weighted by atomic mass is 10.3. The summed E-state index contributed by atoms with van der Waals surface area (Å²) in [5.41, 5.74) is 2.84. The van der Waals surface area contributed by atoms with E-state index in [4.69, 9.17) is 4.98 Å². The number of aromatic nitrogens is 7. The zero-order valence-electron chi connectivity index (χ0n) is 15.3. The number of benzene rings is 1. The Morgan fingerprint density at radius 1 is 1.00 bits per heavy atom. The van der Waals surface area contributed by atoms with E-state index in [1.807, 2.05) is 36.4 Å². The van der Waals surface area contributed by atoms with Gasteiger partial charge in [0.2, 0.25) is 0 Å². The van der Waals surface area contributed by atoms with Gasteiger partial charge in [0.1, 0.15) is 18.0 Å². The first-order valence-electron chi connectivity index (χ1n) is 9.13. The van der Waals surface area contributed by atoms with E-state index in [1.54, 1.807) is 17.1 Å². The van der Waals surface area contributed by atoms with Crippen molar-refractivity contribution in [3.8, 4) is 5.82 Å². The number of aryl methyl sites for hydroxylation is 1. The van der Waals surface area contributed by atoms with Crippen LogP contribution in [-0.4, -0.2) is 34.3 Å². The molecule has 8 nitrogen and oxygen atoms in total. The molecule has 0 spiro atoms. The van der Waals surface area contributed by atoms with Gasteiger partial charge in [-0.3, -0.25) is 0 Å². The Labute approximate surface area is 160 Å². The van der Waals surface area contributed by atoms with Gasteiger partial charge in [0, 0.05) is 12.7 Å². The Bertz CT molecular complexity index is 1260. The molecule has 0 aliphatic rings. The summed E-state index contributed by atoms with van der Waals surface area (Å²) >= 11 is 0. The van der Waals surface area contributed by atoms with Crippen molar-refractivity contribution >= 4 is 27.9 Å². The lowest BCUT2D eigenvalue weighted by molar-refractivity contribution is 0.728. The first kappa shape index (κ1) is 16.4. The van der Waals surface area contributed by atoms with Crippen LogP contribution in [0.2, 0.25) is 0 Å². The fourth-order valence-corrected chi connectivity index (χ4v) is 3.41. The molecular weight excluding hydrogens is 352 g/mol. The zero-order chi connectivity index (χ0) is 18.9. The van der Waals surface area contributed by atoms with Gasteiger partial charge in [0.15, 0.2) is 11.5 Å². The van der Waals surface area contributed by atoms with E-state index in [2.05, 4.69) is 42.9 Å². The van der Waals surface area contributed by atoms with E-state index in [-0.39, 0.29) is 0 Å². The van der Waals surface area contributed by atoms with E-state index in [0.717, 1.165) is 40.4 Å². The standard InChI is InChI=1S/C20H18N8/c1-2-27-16-8-4-3-7-15(16)26-18(27)12-22-19-14-11-25-28(20(14)24-13-23-19)17-9-5-6-10-21-17/h3-11,13H,2,12H2,1H3,(H,22,23,24). The van der Waals surface area contributed by atoms with Crippen LogP contribution in [0, 0.1) is 0 Å². The molecule has 0 aliphatic heterocycles. The quantitative estimate of drug-likeness (QED) is 0.511. The number of imidazole rings is 1. The van der Waals surface area contributed by atoms with Crippen LogP contribution in [0.15, 0.2) is 61.2 Å². The molecule has 1 N–H and O–H groups in total. The SMILES string of the molecule is CCn1c(CNc2ncnc3c2cnn3-c2ccccn2)nc2ccccc21. The van der Waals surface area contributed by atoms with Crippen LogP contribution in [0.5, 0.6) is 0 Å². The maximum Gasteiger partial charge on any atom is 0.170 e. The maximum atomic E-state index is 4.76. The number of hydrogen-bond acceptors (Lipinski definition) is 6. The highest BCUT2D eigenvalue weighted by molar-refractivity contribution is 5.87. The number of fused-ring (bicyclic) bond motifs is 2. The molecule has 0 bridgehead atoms. The summed E-state index contributed by atoms with van der Waals surface area (Å²) in [6, 6.07) is 13.9. The highest BCUT2D eigenvalue weighted by Gasteiger charge is 2.13. The molecule has 0 amide bonds. The molecule has 0 fully saturated rings. The first-order valence-corrected chi connectivity index (χ1v) is 9.13. The van der Waals surface area contributed by atoms with Gasteiger partial charge in [0.25, 0.3) is 0 Å². The van der Waals surface area contributed by atoms with Gasteiger partial charge in [-0.1, -0.05) is 18.2 Å². The highest BCUT2D eigenvalue weighted by atomic mass is 15.3. The molecule has 0 radical (unpaired) electrons. The largest absolute Gasteiger partial charge is 0.362 e.